The summed E-state index contributed by atoms with van der Waals surface area (Å²) in [5, 5.41) is 7.05. The Balaban J connectivity index is 0.00000119. The first-order chi connectivity index (χ1) is 20.3. The summed E-state index contributed by atoms with van der Waals surface area (Å²) in [4.78, 5) is 27.4. The van der Waals surface area contributed by atoms with Crippen LogP contribution in [0.25, 0.3) is 0 Å². The number of rotatable bonds is 16. The third-order valence-electron chi connectivity index (χ3n) is 9.35. The maximum atomic E-state index is 13.7. The molecule has 43 heavy (non-hydrogen) atoms. The summed E-state index contributed by atoms with van der Waals surface area (Å²) in [7, 11) is 16.8. The van der Waals surface area contributed by atoms with E-state index in [9.17, 15) is 9.59 Å². The third-order valence-corrected chi connectivity index (χ3v) is 9.35. The molecule has 0 radical (unpaired) electrons. The second-order valence-electron chi connectivity index (χ2n) is 11.3. The number of hydrogen-bond donors (Lipinski definition) is 2. The van der Waals surface area contributed by atoms with Gasteiger partial charge in [0.2, 0.25) is 0 Å². The number of anilines is 2. The SMILES string of the molecule is CC[N+](CC)(CC)CCCNc1ccc(NCCC[N+](CC)(CC)CC)c2c1C(=O)c1ccccc1C2=O.[Cl][Zn-2]([Cl])([Cl])[Cl]. The van der Waals surface area contributed by atoms with E-state index in [2.05, 4.69) is 52.2 Å². The number of hydrogen-bond acceptors (Lipinski definition) is 4. The molecule has 2 aromatic carbocycles. The van der Waals surface area contributed by atoms with Crippen LogP contribution in [0.15, 0.2) is 36.4 Å². The fourth-order valence-corrected chi connectivity index (χ4v) is 6.08. The molecular formula is C32H50Cl4N4O2Zn. The molecule has 240 valence electrons. The minimum absolute atomic E-state index is 0.0687. The first-order valence-electron chi connectivity index (χ1n) is 15.9. The average molecular weight is 730 g/mol. The number of nitrogens with one attached hydrogen (secondary N) is 2. The van der Waals surface area contributed by atoms with Crippen LogP contribution >= 0.6 is 38.8 Å². The molecule has 1 aliphatic rings. The van der Waals surface area contributed by atoms with Gasteiger partial charge in [0.05, 0.1) is 63.5 Å². The molecule has 11 heteroatoms. The average Bonchev–Trinajstić information content (AvgIpc) is 3.00. The van der Waals surface area contributed by atoms with Gasteiger partial charge in [-0.2, -0.15) is 0 Å². The van der Waals surface area contributed by atoms with Gasteiger partial charge >= 0.3 is 49.6 Å². The molecule has 0 atom stereocenters. The Morgan fingerprint density at radius 2 is 0.884 bits per heavy atom. The van der Waals surface area contributed by atoms with Gasteiger partial charge in [0.1, 0.15) is 0 Å². The monoisotopic (exact) mass is 726 g/mol. The van der Waals surface area contributed by atoms with Crippen LogP contribution in [-0.2, 0) is 10.8 Å². The summed E-state index contributed by atoms with van der Waals surface area (Å²) in [6.07, 6.45) is 2.02. The summed E-state index contributed by atoms with van der Waals surface area (Å²) in [6, 6.07) is 11.2. The zero-order chi connectivity index (χ0) is 32.3. The van der Waals surface area contributed by atoms with Crippen LogP contribution in [0.1, 0.15) is 86.2 Å². The van der Waals surface area contributed by atoms with Crippen LogP contribution < -0.4 is 10.6 Å². The van der Waals surface area contributed by atoms with Crippen molar-refractivity contribution in [1.82, 2.24) is 0 Å². The van der Waals surface area contributed by atoms with E-state index in [-0.39, 0.29) is 11.6 Å². The van der Waals surface area contributed by atoms with Crippen molar-refractivity contribution in [2.24, 2.45) is 0 Å². The number of nitrogens with zero attached hydrogens (tertiary/aromatic N) is 2. The van der Waals surface area contributed by atoms with Gasteiger partial charge in [0.15, 0.2) is 11.6 Å². The van der Waals surface area contributed by atoms with Crippen molar-refractivity contribution in [1.29, 1.82) is 0 Å². The van der Waals surface area contributed by atoms with Crippen molar-refractivity contribution in [3.8, 4) is 0 Å². The summed E-state index contributed by atoms with van der Waals surface area (Å²) in [6.45, 7) is 24.1. The van der Waals surface area contributed by atoms with Gasteiger partial charge in [0, 0.05) is 48.4 Å². The molecule has 0 saturated heterocycles. The number of halogens is 4. The van der Waals surface area contributed by atoms with E-state index in [1.165, 1.54) is 0 Å². The molecule has 2 N–H and O–H groups in total. The van der Waals surface area contributed by atoms with Crippen LogP contribution in [0, 0.1) is 0 Å². The molecule has 0 unspecified atom stereocenters. The van der Waals surface area contributed by atoms with Crippen LogP contribution in [-0.4, -0.2) is 86.0 Å². The number of carbonyl (C=O) groups excluding carboxylic acids is 2. The predicted molar refractivity (Wildman–Crippen MR) is 183 cm³/mol. The molecular weight excluding hydrogens is 680 g/mol. The van der Waals surface area contributed by atoms with Gasteiger partial charge < -0.3 is 19.6 Å². The second kappa shape index (κ2) is 17.7. The second-order valence-corrected chi connectivity index (χ2v) is 39.0. The van der Waals surface area contributed by atoms with Crippen LogP contribution in [0.4, 0.5) is 11.4 Å². The molecule has 1 aliphatic carbocycles. The minimum atomic E-state index is -3.36. The molecule has 0 bridgehead atoms. The standard InChI is InChI=1S/C32H48N4O2.4ClH.Zn/c1-7-35(8-2,9-3)23-15-21-33-27-19-20-28(34-22-16-24-36(10-4,11-5)12-6)30-29(27)31(37)25-17-13-14-18-26(25)32(30)38;;;;;/h13-14,17-20H,7-12,15-16,21-24H2,1-6H3;4*1H;/q;;;;;+2/p-2. The molecule has 0 aliphatic heterocycles. The molecule has 0 amide bonds. The van der Waals surface area contributed by atoms with Crippen molar-refractivity contribution < 1.29 is 29.4 Å². The van der Waals surface area contributed by atoms with Crippen LogP contribution in [0.2, 0.25) is 0 Å². The van der Waals surface area contributed by atoms with Crippen molar-refractivity contribution >= 4 is 61.7 Å². The third kappa shape index (κ3) is 10.6. The Morgan fingerprint density at radius 1 is 0.581 bits per heavy atom. The molecule has 0 aromatic heterocycles. The quantitative estimate of drug-likeness (QED) is 0.0882. The Bertz CT molecular complexity index is 1110. The Labute approximate surface area is 278 Å². The molecule has 0 saturated carbocycles. The fourth-order valence-electron chi connectivity index (χ4n) is 6.08. The number of carbonyl (C=O) groups is 2. The number of quaternary nitrogens is 2. The first kappa shape index (κ1) is 38.3. The van der Waals surface area contributed by atoms with Crippen molar-refractivity contribution in [3.63, 3.8) is 0 Å². The predicted octanol–water partition coefficient (Wildman–Crippen LogP) is 8.57. The van der Waals surface area contributed by atoms with E-state index in [0.717, 1.165) is 98.6 Å². The first-order valence-corrected chi connectivity index (χ1v) is 31.5. The zero-order valence-electron chi connectivity index (χ0n) is 26.9. The van der Waals surface area contributed by atoms with E-state index in [1.54, 1.807) is 12.1 Å². The molecule has 6 nitrogen and oxygen atoms in total. The number of ketones is 2. The van der Waals surface area contributed by atoms with Crippen LogP contribution in [0.3, 0.4) is 0 Å². The van der Waals surface area contributed by atoms with E-state index in [0.29, 0.717) is 22.3 Å². The van der Waals surface area contributed by atoms with Gasteiger partial charge in [-0.05, 0) is 53.7 Å². The number of benzene rings is 2. The topological polar surface area (TPSA) is 58.2 Å². The fraction of sp³-hybridized carbons (Fsp3) is 0.562. The molecule has 0 fully saturated rings. The van der Waals surface area contributed by atoms with Crippen LogP contribution in [0.5, 0.6) is 0 Å². The Hall–Kier alpha value is -0.917. The van der Waals surface area contributed by atoms with E-state index in [4.69, 9.17) is 38.8 Å². The van der Waals surface area contributed by atoms with E-state index >= 15 is 0 Å². The van der Waals surface area contributed by atoms with Crippen molar-refractivity contribution in [2.45, 2.75) is 54.4 Å². The van der Waals surface area contributed by atoms with Gasteiger partial charge in [-0.15, -0.1) is 0 Å². The molecule has 2 aromatic rings. The van der Waals surface area contributed by atoms with Gasteiger partial charge in [-0.1, -0.05) is 24.3 Å². The van der Waals surface area contributed by atoms with Gasteiger partial charge in [0.25, 0.3) is 0 Å². The summed E-state index contributed by atoms with van der Waals surface area (Å²) < 4.78 is 2.20. The summed E-state index contributed by atoms with van der Waals surface area (Å²) in [5.41, 5.74) is 3.56. The summed E-state index contributed by atoms with van der Waals surface area (Å²) >= 11 is 0. The maximum absolute atomic E-state index is 13.7. The Kier molecular flexibility index (Phi) is 15.7. The molecule has 0 heterocycles. The van der Waals surface area contributed by atoms with E-state index in [1.807, 2.05) is 24.3 Å². The molecule has 3 rings (SSSR count). The summed E-state index contributed by atoms with van der Waals surface area (Å²) in [5.74, 6) is -0.137. The normalized spacial score (nSPS) is 13.2. The van der Waals surface area contributed by atoms with Crippen molar-refractivity contribution in [3.05, 3.63) is 58.7 Å². The zero-order valence-corrected chi connectivity index (χ0v) is 32.9. The number of fused-ring (bicyclic) bond motifs is 2. The molecule has 0 spiro atoms. The van der Waals surface area contributed by atoms with Gasteiger partial charge in [-0.3, -0.25) is 9.59 Å². The van der Waals surface area contributed by atoms with E-state index < -0.39 is 10.8 Å². The van der Waals surface area contributed by atoms with Gasteiger partial charge in [-0.25, -0.2) is 0 Å². The Morgan fingerprint density at radius 3 is 1.16 bits per heavy atom. The van der Waals surface area contributed by atoms with Crippen molar-refractivity contribution in [2.75, 3.05) is 76.1 Å².